The van der Waals surface area contributed by atoms with Crippen molar-refractivity contribution in [2.24, 2.45) is 0 Å². The lowest BCUT2D eigenvalue weighted by Gasteiger charge is -2.14. The second kappa shape index (κ2) is 20.1. The van der Waals surface area contributed by atoms with E-state index in [0.29, 0.717) is 0 Å². The zero-order valence-corrected chi connectivity index (χ0v) is 48.2. The van der Waals surface area contributed by atoms with E-state index in [9.17, 15) is 0 Å². The second-order valence-corrected chi connectivity index (χ2v) is 23.6. The topological polar surface area (TPSA) is 19.7 Å². The fraction of sp³-hybridized carbons (Fsp3) is 0.0238. The van der Waals surface area contributed by atoms with Crippen molar-refractivity contribution < 1.29 is 0 Å². The largest absolute Gasteiger partial charge is 0.313 e. The van der Waals surface area contributed by atoms with Gasteiger partial charge in [-0.15, -0.1) is 0 Å². The first kappa shape index (κ1) is 49.9. The summed E-state index contributed by atoms with van der Waals surface area (Å²) < 4.78 is 9.77. The number of hydrogen-bond donors (Lipinski definition) is 0. The van der Waals surface area contributed by atoms with Crippen molar-refractivity contribution in [3.63, 3.8) is 0 Å². The van der Waals surface area contributed by atoms with E-state index in [4.69, 9.17) is 0 Å². The molecule has 0 bridgehead atoms. The summed E-state index contributed by atoms with van der Waals surface area (Å²) in [5.41, 5.74) is 26.2. The molecule has 1 aliphatic carbocycles. The van der Waals surface area contributed by atoms with Gasteiger partial charge in [0, 0.05) is 65.8 Å². The summed E-state index contributed by atoms with van der Waals surface area (Å²) in [6.45, 7) is 0. The number of aromatic nitrogens is 4. The molecule has 0 unspecified atom stereocenters. The molecule has 4 heterocycles. The molecular formula is C84H56N4. The molecule has 0 N–H and O–H groups in total. The Morgan fingerprint density at radius 3 is 0.841 bits per heavy atom. The van der Waals surface area contributed by atoms with Crippen LogP contribution in [0.5, 0.6) is 0 Å². The van der Waals surface area contributed by atoms with Crippen molar-refractivity contribution in [2.75, 3.05) is 0 Å². The standard InChI is InChI=1S/C84H56N4/c1-5-17-55(18-6-1)57-29-39-67(40-30-57)87-81-45-35-61(59-33-43-79-71(49-59)69-25-13-15-27-77(69)85(79)65-21-9-3-10-22-65)51-73(81)75-53-63(37-47-83(75)87)64-38-48-84-76(54-64)74-52-62(36-46-82(74)88(84)68-41-31-58(32-42-68)56-19-7-2-8-20-56)60-34-44-80-72(50-60)70-26-14-16-28-78(70)86(80)66-23-11-4-12-24-66/h1-11,13-23,25-54H,12,24H2. The van der Waals surface area contributed by atoms with E-state index in [1.165, 1.54) is 149 Å². The van der Waals surface area contributed by atoms with Gasteiger partial charge in [-0.25, -0.2) is 0 Å². The average molecular weight is 1120 g/mol. The van der Waals surface area contributed by atoms with E-state index >= 15 is 0 Å². The molecule has 0 amide bonds. The molecule has 0 atom stereocenters. The van der Waals surface area contributed by atoms with Crippen LogP contribution in [0.15, 0.2) is 315 Å². The first-order valence-electron chi connectivity index (χ1n) is 30.6. The molecule has 0 fully saturated rings. The normalized spacial score (nSPS) is 12.7. The highest BCUT2D eigenvalue weighted by atomic mass is 15.0. The van der Waals surface area contributed by atoms with Crippen LogP contribution in [-0.4, -0.2) is 18.3 Å². The Hall–Kier alpha value is -11.5. The van der Waals surface area contributed by atoms with Crippen molar-refractivity contribution >= 4 is 92.9 Å². The average Bonchev–Trinajstić information content (AvgIpc) is 1.72. The first-order chi connectivity index (χ1) is 43.6. The predicted molar refractivity (Wildman–Crippen MR) is 372 cm³/mol. The van der Waals surface area contributed by atoms with Crippen LogP contribution in [0.25, 0.3) is 166 Å². The van der Waals surface area contributed by atoms with Crippen LogP contribution in [0, 0.1) is 0 Å². The van der Waals surface area contributed by atoms with Gasteiger partial charge in [-0.3, -0.25) is 0 Å². The van der Waals surface area contributed by atoms with E-state index in [1.807, 2.05) is 0 Å². The van der Waals surface area contributed by atoms with E-state index in [2.05, 4.69) is 334 Å². The highest BCUT2D eigenvalue weighted by Crippen LogP contribution is 2.44. The van der Waals surface area contributed by atoms with E-state index in [1.54, 1.807) is 0 Å². The summed E-state index contributed by atoms with van der Waals surface area (Å²) in [4.78, 5) is 0. The van der Waals surface area contributed by atoms with Crippen molar-refractivity contribution in [2.45, 2.75) is 12.8 Å². The first-order valence-corrected chi connectivity index (χ1v) is 30.6. The maximum Gasteiger partial charge on any atom is 0.0541 e. The lowest BCUT2D eigenvalue weighted by Crippen LogP contribution is -1.98. The maximum atomic E-state index is 2.48. The zero-order chi connectivity index (χ0) is 57.8. The Bertz CT molecular complexity index is 5690. The van der Waals surface area contributed by atoms with Crippen molar-refractivity contribution in [1.29, 1.82) is 0 Å². The monoisotopic (exact) mass is 1120 g/mol. The number of fused-ring (bicyclic) bond motifs is 12. The van der Waals surface area contributed by atoms with Gasteiger partial charge in [0.2, 0.25) is 0 Å². The van der Waals surface area contributed by atoms with E-state index < -0.39 is 0 Å². The Labute approximate surface area is 509 Å². The van der Waals surface area contributed by atoms with Gasteiger partial charge in [0.05, 0.1) is 44.1 Å². The molecule has 4 nitrogen and oxygen atoms in total. The maximum absolute atomic E-state index is 2.48. The summed E-state index contributed by atoms with van der Waals surface area (Å²) in [7, 11) is 0. The molecule has 13 aromatic carbocycles. The number of para-hydroxylation sites is 3. The number of rotatable bonds is 9. The molecule has 0 aliphatic heterocycles. The number of nitrogens with zero attached hydrogens (tertiary/aromatic N) is 4. The minimum absolute atomic E-state index is 1.02. The third-order valence-electron chi connectivity index (χ3n) is 18.6. The van der Waals surface area contributed by atoms with Crippen molar-refractivity contribution in [1.82, 2.24) is 18.3 Å². The summed E-state index contributed by atoms with van der Waals surface area (Å²) in [5.74, 6) is 0. The number of benzene rings is 13. The van der Waals surface area contributed by atoms with Gasteiger partial charge in [0.15, 0.2) is 0 Å². The minimum Gasteiger partial charge on any atom is -0.313 e. The fourth-order valence-electron chi connectivity index (χ4n) is 14.4. The third-order valence-corrected chi connectivity index (χ3v) is 18.6. The van der Waals surface area contributed by atoms with Crippen LogP contribution in [0.1, 0.15) is 12.8 Å². The molecule has 18 rings (SSSR count). The van der Waals surface area contributed by atoms with E-state index in [0.717, 1.165) is 29.9 Å². The fourth-order valence-corrected chi connectivity index (χ4v) is 14.4. The summed E-state index contributed by atoms with van der Waals surface area (Å²) >= 11 is 0. The highest BCUT2D eigenvalue weighted by molar-refractivity contribution is 6.16. The highest BCUT2D eigenvalue weighted by Gasteiger charge is 2.21. The second-order valence-electron chi connectivity index (χ2n) is 23.6. The molecule has 4 heteroatoms. The Balaban J connectivity index is 0.810. The van der Waals surface area contributed by atoms with Gasteiger partial charge in [0.25, 0.3) is 0 Å². The van der Waals surface area contributed by atoms with Gasteiger partial charge in [0.1, 0.15) is 0 Å². The lowest BCUT2D eigenvalue weighted by molar-refractivity contribution is 0.979. The van der Waals surface area contributed by atoms with Crippen molar-refractivity contribution in [3.05, 3.63) is 315 Å². The molecule has 0 radical (unpaired) electrons. The summed E-state index contributed by atoms with van der Waals surface area (Å²) in [6.07, 6.45) is 8.83. The third kappa shape index (κ3) is 8.00. The quantitative estimate of drug-likeness (QED) is 0.137. The van der Waals surface area contributed by atoms with Crippen LogP contribution in [0.2, 0.25) is 0 Å². The molecule has 1 aliphatic rings. The van der Waals surface area contributed by atoms with Gasteiger partial charge >= 0.3 is 0 Å². The number of hydrogen-bond acceptors (Lipinski definition) is 0. The Morgan fingerprint density at radius 1 is 0.205 bits per heavy atom. The molecule has 0 spiro atoms. The molecule has 88 heavy (non-hydrogen) atoms. The summed E-state index contributed by atoms with van der Waals surface area (Å²) in [5, 5.41) is 9.88. The molecule has 4 aromatic heterocycles. The van der Waals surface area contributed by atoms with Gasteiger partial charge in [-0.1, -0.05) is 188 Å². The molecular weight excluding hydrogens is 1060 g/mol. The van der Waals surface area contributed by atoms with Gasteiger partial charge < -0.3 is 18.3 Å². The van der Waals surface area contributed by atoms with Crippen LogP contribution in [0.4, 0.5) is 0 Å². The van der Waals surface area contributed by atoms with Gasteiger partial charge in [-0.05, 0) is 196 Å². The van der Waals surface area contributed by atoms with Crippen LogP contribution in [0.3, 0.4) is 0 Å². The SMILES string of the molecule is C1=CCCC(n2c3ccccc3c3cc(-c4ccc5c(c4)c4cc(-c6ccc7c(c6)c6cc(-c8ccc9c(c8)c8ccccc8n9-c8ccccc8)ccc6n7-c6ccc(-c7ccccc7)cc6)ccc4n5-c4ccc(-c5ccccc5)cc4)ccc32)=C1. The minimum atomic E-state index is 1.02. The smallest absolute Gasteiger partial charge is 0.0541 e. The Kier molecular flexibility index (Phi) is 11.4. The molecule has 0 saturated heterocycles. The van der Waals surface area contributed by atoms with Crippen LogP contribution in [-0.2, 0) is 0 Å². The van der Waals surface area contributed by atoms with Crippen LogP contribution < -0.4 is 0 Å². The molecule has 412 valence electrons. The Morgan fingerprint density at radius 2 is 0.477 bits per heavy atom. The predicted octanol–water partition coefficient (Wildman–Crippen LogP) is 22.6. The van der Waals surface area contributed by atoms with E-state index in [-0.39, 0.29) is 0 Å². The lowest BCUT2D eigenvalue weighted by atomic mass is 9.98. The zero-order valence-electron chi connectivity index (χ0n) is 48.2. The van der Waals surface area contributed by atoms with Gasteiger partial charge in [-0.2, -0.15) is 0 Å². The van der Waals surface area contributed by atoms with Crippen molar-refractivity contribution in [3.8, 4) is 72.7 Å². The number of allylic oxidation sites excluding steroid dienone is 4. The van der Waals surface area contributed by atoms with Crippen LogP contribution >= 0.6 is 0 Å². The molecule has 0 saturated carbocycles. The molecule has 17 aromatic rings. The summed E-state index contributed by atoms with van der Waals surface area (Å²) in [6, 6.07) is 110.